The molecule has 0 aliphatic heterocycles. The van der Waals surface area contributed by atoms with Crippen LogP contribution in [0, 0.1) is 0 Å². The first-order valence-corrected chi connectivity index (χ1v) is 4.09. The second-order valence-electron chi connectivity index (χ2n) is 3.97. The van der Waals surface area contributed by atoms with Crippen molar-refractivity contribution < 1.29 is 9.90 Å². The van der Waals surface area contributed by atoms with E-state index in [-0.39, 0.29) is 11.0 Å². The second-order valence-corrected chi connectivity index (χ2v) is 3.97. The van der Waals surface area contributed by atoms with E-state index in [2.05, 4.69) is 4.98 Å². The third-order valence-corrected chi connectivity index (χ3v) is 1.76. The van der Waals surface area contributed by atoms with Gasteiger partial charge in [-0.2, -0.15) is 0 Å². The van der Waals surface area contributed by atoms with Crippen LogP contribution in [0.25, 0.3) is 0 Å². The summed E-state index contributed by atoms with van der Waals surface area (Å²) < 4.78 is 0. The Morgan fingerprint density at radius 2 is 2.08 bits per heavy atom. The van der Waals surface area contributed by atoms with E-state index in [9.17, 15) is 9.90 Å². The largest absolute Gasteiger partial charge is 0.545 e. The number of rotatable bonds is 1. The van der Waals surface area contributed by atoms with Crippen LogP contribution in [0.4, 0.5) is 0 Å². The van der Waals surface area contributed by atoms with Crippen LogP contribution in [0.3, 0.4) is 0 Å². The third-order valence-electron chi connectivity index (χ3n) is 1.76. The summed E-state index contributed by atoms with van der Waals surface area (Å²) in [4.78, 5) is 14.6. The van der Waals surface area contributed by atoms with Gasteiger partial charge in [0.1, 0.15) is 0 Å². The Morgan fingerprint density at radius 1 is 1.46 bits per heavy atom. The highest BCUT2D eigenvalue weighted by atomic mass is 16.4. The number of carbonyl (C=O) groups is 1. The molecule has 0 N–H and O–H groups in total. The Bertz CT molecular complexity index is 326. The highest BCUT2D eigenvalue weighted by Crippen LogP contribution is 2.19. The van der Waals surface area contributed by atoms with Gasteiger partial charge in [0.2, 0.25) is 0 Å². The third kappa shape index (κ3) is 2.28. The number of carboxylic acid groups (broad SMARTS) is 1. The molecule has 0 spiro atoms. The minimum Gasteiger partial charge on any atom is -0.545 e. The molecule has 1 heterocycles. The van der Waals surface area contributed by atoms with Crippen LogP contribution >= 0.6 is 0 Å². The molecule has 3 heteroatoms. The van der Waals surface area contributed by atoms with Gasteiger partial charge >= 0.3 is 0 Å². The van der Waals surface area contributed by atoms with Crippen molar-refractivity contribution in [3.63, 3.8) is 0 Å². The smallest absolute Gasteiger partial charge is 0.0716 e. The summed E-state index contributed by atoms with van der Waals surface area (Å²) >= 11 is 0. The van der Waals surface area contributed by atoms with E-state index >= 15 is 0 Å². The molecular formula is C10H12NO2-. The Labute approximate surface area is 77.4 Å². The van der Waals surface area contributed by atoms with Crippen LogP contribution < -0.4 is 5.11 Å². The number of nitrogens with zero attached hydrogens (tertiary/aromatic N) is 1. The monoisotopic (exact) mass is 178 g/mol. The van der Waals surface area contributed by atoms with Crippen molar-refractivity contribution in [1.29, 1.82) is 0 Å². The van der Waals surface area contributed by atoms with Crippen LogP contribution in [0.1, 0.15) is 36.8 Å². The average Bonchev–Trinajstić information content (AvgIpc) is 2.03. The summed E-state index contributed by atoms with van der Waals surface area (Å²) in [7, 11) is 0. The Balaban J connectivity index is 3.13. The first-order chi connectivity index (χ1) is 5.91. The molecule has 70 valence electrons. The molecular weight excluding hydrogens is 166 g/mol. The number of hydrogen-bond acceptors (Lipinski definition) is 3. The number of hydrogen-bond donors (Lipinski definition) is 0. The van der Waals surface area contributed by atoms with Crippen molar-refractivity contribution in [2.45, 2.75) is 26.2 Å². The summed E-state index contributed by atoms with van der Waals surface area (Å²) in [5.74, 6) is -1.16. The Hall–Kier alpha value is -1.38. The van der Waals surface area contributed by atoms with Gasteiger partial charge in [-0.3, -0.25) is 4.98 Å². The zero-order valence-electron chi connectivity index (χ0n) is 8.00. The molecule has 0 aliphatic rings. The fourth-order valence-corrected chi connectivity index (χ4v) is 0.968. The number of pyridine rings is 1. The van der Waals surface area contributed by atoms with Crippen LogP contribution in [0.2, 0.25) is 0 Å². The van der Waals surface area contributed by atoms with E-state index in [4.69, 9.17) is 0 Å². The van der Waals surface area contributed by atoms with Gasteiger partial charge in [-0.1, -0.05) is 20.8 Å². The molecule has 0 atom stereocenters. The van der Waals surface area contributed by atoms with Crippen LogP contribution in [0.5, 0.6) is 0 Å². The SMILES string of the molecule is CC(C)(C)c1cc(C(=O)[O-])ccn1. The van der Waals surface area contributed by atoms with Gasteiger partial charge in [-0.15, -0.1) is 0 Å². The standard InChI is InChI=1S/C10H13NO2/c1-10(2,3)8-6-7(9(12)13)4-5-11-8/h4-6H,1-3H3,(H,12,13)/p-1. The van der Waals surface area contributed by atoms with Crippen LogP contribution in [-0.4, -0.2) is 11.0 Å². The van der Waals surface area contributed by atoms with Gasteiger partial charge in [-0.25, -0.2) is 0 Å². The maximum atomic E-state index is 10.5. The van der Waals surface area contributed by atoms with E-state index < -0.39 is 5.97 Å². The van der Waals surface area contributed by atoms with Gasteiger partial charge in [0.15, 0.2) is 0 Å². The van der Waals surface area contributed by atoms with E-state index in [1.54, 1.807) is 6.07 Å². The summed E-state index contributed by atoms with van der Waals surface area (Å²) in [5.41, 5.74) is 0.806. The number of aromatic nitrogens is 1. The van der Waals surface area contributed by atoms with E-state index in [0.717, 1.165) is 5.69 Å². The molecule has 0 bridgehead atoms. The van der Waals surface area contributed by atoms with Crippen molar-refractivity contribution >= 4 is 5.97 Å². The van der Waals surface area contributed by atoms with Gasteiger partial charge in [-0.05, 0) is 12.1 Å². The molecule has 0 radical (unpaired) electrons. The summed E-state index contributed by atoms with van der Waals surface area (Å²) in [6.45, 7) is 5.94. The van der Waals surface area contributed by atoms with Crippen molar-refractivity contribution in [3.05, 3.63) is 29.6 Å². The van der Waals surface area contributed by atoms with Crippen LogP contribution in [0.15, 0.2) is 18.3 Å². The molecule has 0 aromatic carbocycles. The summed E-state index contributed by atoms with van der Waals surface area (Å²) in [5, 5.41) is 10.5. The first-order valence-electron chi connectivity index (χ1n) is 4.09. The quantitative estimate of drug-likeness (QED) is 0.637. The van der Waals surface area contributed by atoms with Crippen molar-refractivity contribution in [2.75, 3.05) is 0 Å². The molecule has 0 saturated heterocycles. The van der Waals surface area contributed by atoms with Gasteiger partial charge in [0.25, 0.3) is 0 Å². The number of carbonyl (C=O) groups excluding carboxylic acids is 1. The van der Waals surface area contributed by atoms with Crippen LogP contribution in [-0.2, 0) is 5.41 Å². The molecule has 0 fully saturated rings. The fraction of sp³-hybridized carbons (Fsp3) is 0.400. The lowest BCUT2D eigenvalue weighted by Crippen LogP contribution is -2.23. The molecule has 1 rings (SSSR count). The number of aromatic carboxylic acids is 1. The first kappa shape index (κ1) is 9.71. The van der Waals surface area contributed by atoms with E-state index in [1.165, 1.54) is 12.3 Å². The minimum absolute atomic E-state index is 0.133. The summed E-state index contributed by atoms with van der Waals surface area (Å²) in [6.07, 6.45) is 1.49. The molecule has 0 aliphatic carbocycles. The molecule has 3 nitrogen and oxygen atoms in total. The second kappa shape index (κ2) is 3.17. The van der Waals surface area contributed by atoms with Crippen molar-refractivity contribution in [2.24, 2.45) is 0 Å². The predicted octanol–water partition coefficient (Wildman–Crippen LogP) is 0.743. The molecule has 0 saturated carbocycles. The lowest BCUT2D eigenvalue weighted by atomic mass is 9.91. The fourth-order valence-electron chi connectivity index (χ4n) is 0.968. The molecule has 0 unspecified atom stereocenters. The maximum absolute atomic E-state index is 10.5. The maximum Gasteiger partial charge on any atom is 0.0716 e. The highest BCUT2D eigenvalue weighted by Gasteiger charge is 2.15. The van der Waals surface area contributed by atoms with Crippen molar-refractivity contribution in [1.82, 2.24) is 4.98 Å². The topological polar surface area (TPSA) is 53.0 Å². The minimum atomic E-state index is -1.16. The number of carboxylic acids is 1. The van der Waals surface area contributed by atoms with Crippen molar-refractivity contribution in [3.8, 4) is 0 Å². The molecule has 1 aromatic rings. The zero-order valence-corrected chi connectivity index (χ0v) is 8.00. The van der Waals surface area contributed by atoms with E-state index in [0.29, 0.717) is 0 Å². The lowest BCUT2D eigenvalue weighted by molar-refractivity contribution is -0.255. The zero-order chi connectivity index (χ0) is 10.1. The predicted molar refractivity (Wildman–Crippen MR) is 47.3 cm³/mol. The van der Waals surface area contributed by atoms with Gasteiger partial charge in [0, 0.05) is 22.9 Å². The van der Waals surface area contributed by atoms with Gasteiger partial charge in [0.05, 0.1) is 5.97 Å². The average molecular weight is 178 g/mol. The molecule has 0 amide bonds. The Morgan fingerprint density at radius 3 is 2.54 bits per heavy atom. The van der Waals surface area contributed by atoms with E-state index in [1.807, 2.05) is 20.8 Å². The van der Waals surface area contributed by atoms with Gasteiger partial charge < -0.3 is 9.90 Å². The molecule has 13 heavy (non-hydrogen) atoms. The lowest BCUT2D eigenvalue weighted by Gasteiger charge is -2.18. The normalized spacial score (nSPS) is 11.3. The summed E-state index contributed by atoms with van der Waals surface area (Å²) in [6, 6.07) is 2.99. The Kier molecular flexibility index (Phi) is 2.36. The molecule has 1 aromatic heterocycles. The highest BCUT2D eigenvalue weighted by molar-refractivity contribution is 5.85.